The number of hydrogen-bond donors (Lipinski definition) is 2. The SMILES string of the molecule is COc1ccc(C)c(-n2c(N)c(C#N)c3cc(C)c(C)nc32)c1C.CS(=O)(=O)O. The van der Waals surface area contributed by atoms with Gasteiger partial charge in [0.1, 0.15) is 28.8 Å². The fourth-order valence-electron chi connectivity index (χ4n) is 3.14. The molecule has 0 saturated carbocycles. The van der Waals surface area contributed by atoms with Crippen LogP contribution in [-0.2, 0) is 10.1 Å². The summed E-state index contributed by atoms with van der Waals surface area (Å²) in [6.07, 6.45) is 0.715. The number of rotatable bonds is 2. The van der Waals surface area contributed by atoms with E-state index < -0.39 is 10.1 Å². The lowest BCUT2D eigenvalue weighted by Gasteiger charge is -2.16. The third-order valence-electron chi connectivity index (χ3n) is 4.56. The lowest BCUT2D eigenvalue weighted by atomic mass is 10.1. The van der Waals surface area contributed by atoms with Gasteiger partial charge in [0, 0.05) is 16.6 Å². The van der Waals surface area contributed by atoms with Gasteiger partial charge in [-0.05, 0) is 51.0 Å². The lowest BCUT2D eigenvalue weighted by Crippen LogP contribution is -2.07. The van der Waals surface area contributed by atoms with Gasteiger partial charge in [-0.25, -0.2) is 4.98 Å². The maximum absolute atomic E-state index is 9.58. The van der Waals surface area contributed by atoms with E-state index in [0.29, 0.717) is 23.3 Å². The van der Waals surface area contributed by atoms with Gasteiger partial charge in [0.15, 0.2) is 0 Å². The summed E-state index contributed by atoms with van der Waals surface area (Å²) >= 11 is 0. The van der Waals surface area contributed by atoms with Gasteiger partial charge in [-0.1, -0.05) is 6.07 Å². The van der Waals surface area contributed by atoms with E-state index in [1.807, 2.05) is 50.5 Å². The molecule has 0 saturated heterocycles. The Morgan fingerprint density at radius 2 is 1.79 bits per heavy atom. The van der Waals surface area contributed by atoms with Crippen LogP contribution in [0.25, 0.3) is 16.7 Å². The first kappa shape index (κ1) is 22.2. The van der Waals surface area contributed by atoms with Crippen molar-refractivity contribution in [2.24, 2.45) is 0 Å². The standard InChI is InChI=1S/C19H20N4O.CH4O3S/c1-10-6-7-16(24-5)12(3)17(10)23-18(21)15(9-20)14-8-11(2)13(4)22-19(14)23;1-5(2,3)4/h6-8H,21H2,1-5H3;1H3,(H,2,3,4). The Morgan fingerprint density at radius 1 is 1.21 bits per heavy atom. The summed E-state index contributed by atoms with van der Waals surface area (Å²) in [5, 5.41) is 10.4. The van der Waals surface area contributed by atoms with Gasteiger partial charge in [-0.15, -0.1) is 0 Å². The minimum atomic E-state index is -3.67. The molecule has 1 aromatic carbocycles. The summed E-state index contributed by atoms with van der Waals surface area (Å²) in [4.78, 5) is 4.71. The van der Waals surface area contributed by atoms with Crippen molar-refractivity contribution in [2.45, 2.75) is 27.7 Å². The molecule has 8 nitrogen and oxygen atoms in total. The number of nitriles is 1. The largest absolute Gasteiger partial charge is 0.496 e. The van der Waals surface area contributed by atoms with Gasteiger partial charge in [-0.3, -0.25) is 9.12 Å². The van der Waals surface area contributed by atoms with E-state index in [1.54, 1.807) is 7.11 Å². The number of benzene rings is 1. The van der Waals surface area contributed by atoms with Crippen molar-refractivity contribution in [3.05, 3.63) is 46.1 Å². The molecule has 0 aliphatic carbocycles. The van der Waals surface area contributed by atoms with E-state index in [4.69, 9.17) is 20.0 Å². The third kappa shape index (κ3) is 4.50. The molecule has 2 aromatic heterocycles. The normalized spacial score (nSPS) is 11.0. The number of aromatic nitrogens is 2. The predicted octanol–water partition coefficient (Wildman–Crippen LogP) is 3.23. The molecule has 3 rings (SSSR count). The van der Waals surface area contributed by atoms with E-state index in [-0.39, 0.29) is 0 Å². The number of pyridine rings is 1. The maximum atomic E-state index is 9.58. The number of aryl methyl sites for hydroxylation is 3. The second-order valence-electron chi connectivity index (χ2n) is 6.76. The van der Waals surface area contributed by atoms with Gasteiger partial charge in [0.25, 0.3) is 10.1 Å². The molecule has 0 amide bonds. The zero-order chi connectivity index (χ0) is 22.1. The van der Waals surface area contributed by atoms with Crippen LogP contribution in [0.4, 0.5) is 5.82 Å². The molecule has 154 valence electrons. The van der Waals surface area contributed by atoms with Crippen LogP contribution in [0.2, 0.25) is 0 Å². The van der Waals surface area contributed by atoms with Crippen molar-refractivity contribution in [1.82, 2.24) is 9.55 Å². The van der Waals surface area contributed by atoms with Crippen molar-refractivity contribution >= 4 is 27.0 Å². The van der Waals surface area contributed by atoms with Crippen LogP contribution < -0.4 is 10.5 Å². The third-order valence-corrected chi connectivity index (χ3v) is 4.56. The first-order chi connectivity index (χ1) is 13.4. The lowest BCUT2D eigenvalue weighted by molar-refractivity contribution is 0.411. The van der Waals surface area contributed by atoms with E-state index in [1.165, 1.54) is 0 Å². The molecule has 29 heavy (non-hydrogen) atoms. The number of ether oxygens (including phenoxy) is 1. The number of methoxy groups -OCH3 is 1. The van der Waals surface area contributed by atoms with Crippen molar-refractivity contribution < 1.29 is 17.7 Å². The number of nitrogens with zero attached hydrogens (tertiary/aromatic N) is 3. The van der Waals surface area contributed by atoms with Crippen LogP contribution in [0.5, 0.6) is 5.75 Å². The number of nitrogen functional groups attached to an aromatic ring is 1. The second kappa shape index (κ2) is 8.11. The van der Waals surface area contributed by atoms with Crippen LogP contribution in [0.3, 0.4) is 0 Å². The fraction of sp³-hybridized carbons (Fsp3) is 0.300. The summed E-state index contributed by atoms with van der Waals surface area (Å²) in [5.41, 5.74) is 12.4. The molecule has 0 unspecified atom stereocenters. The van der Waals surface area contributed by atoms with Gasteiger partial charge in [-0.2, -0.15) is 13.7 Å². The second-order valence-corrected chi connectivity index (χ2v) is 8.23. The minimum absolute atomic E-state index is 0.407. The highest BCUT2D eigenvalue weighted by Crippen LogP contribution is 2.36. The highest BCUT2D eigenvalue weighted by molar-refractivity contribution is 7.85. The van der Waals surface area contributed by atoms with Crippen LogP contribution in [-0.4, -0.2) is 35.9 Å². The van der Waals surface area contributed by atoms with Crippen molar-refractivity contribution in [3.8, 4) is 17.5 Å². The molecule has 0 bridgehead atoms. The Bertz CT molecular complexity index is 1230. The summed E-state index contributed by atoms with van der Waals surface area (Å²) in [6, 6.07) is 8.13. The van der Waals surface area contributed by atoms with Crippen LogP contribution >= 0.6 is 0 Å². The zero-order valence-corrected chi connectivity index (χ0v) is 18.0. The van der Waals surface area contributed by atoms with Crippen LogP contribution in [0.1, 0.15) is 27.9 Å². The average Bonchev–Trinajstić information content (AvgIpc) is 2.85. The molecular formula is C20H24N4O4S. The Kier molecular flexibility index (Phi) is 6.21. The number of nitrogens with two attached hydrogens (primary N) is 1. The zero-order valence-electron chi connectivity index (χ0n) is 17.2. The quantitative estimate of drug-likeness (QED) is 0.613. The summed E-state index contributed by atoms with van der Waals surface area (Å²) in [7, 11) is -2.02. The number of anilines is 1. The molecule has 0 spiro atoms. The molecule has 0 aliphatic heterocycles. The molecular weight excluding hydrogens is 392 g/mol. The molecule has 0 radical (unpaired) electrons. The van der Waals surface area contributed by atoms with Crippen LogP contribution in [0, 0.1) is 39.0 Å². The monoisotopic (exact) mass is 416 g/mol. The van der Waals surface area contributed by atoms with Crippen molar-refractivity contribution in [2.75, 3.05) is 19.1 Å². The van der Waals surface area contributed by atoms with Crippen molar-refractivity contribution in [1.29, 1.82) is 5.26 Å². The van der Waals surface area contributed by atoms with E-state index in [2.05, 4.69) is 6.07 Å². The summed E-state index contributed by atoms with van der Waals surface area (Å²) in [5.74, 6) is 1.18. The molecule has 9 heteroatoms. The van der Waals surface area contributed by atoms with E-state index >= 15 is 0 Å². The summed E-state index contributed by atoms with van der Waals surface area (Å²) < 4.78 is 33.2. The average molecular weight is 417 g/mol. The highest BCUT2D eigenvalue weighted by Gasteiger charge is 2.21. The Hall–Kier alpha value is -3.09. The molecule has 3 N–H and O–H groups in total. The Balaban J connectivity index is 0.000000537. The van der Waals surface area contributed by atoms with Crippen molar-refractivity contribution in [3.63, 3.8) is 0 Å². The number of fused-ring (bicyclic) bond motifs is 1. The fourth-order valence-corrected chi connectivity index (χ4v) is 3.14. The van der Waals surface area contributed by atoms with E-state index in [9.17, 15) is 13.7 Å². The molecule has 2 heterocycles. The smallest absolute Gasteiger partial charge is 0.261 e. The van der Waals surface area contributed by atoms with Gasteiger partial charge in [0.05, 0.1) is 19.1 Å². The Morgan fingerprint density at radius 3 is 2.31 bits per heavy atom. The topological polar surface area (TPSA) is 131 Å². The molecule has 0 aliphatic rings. The molecule has 0 fully saturated rings. The number of hydrogen-bond acceptors (Lipinski definition) is 6. The van der Waals surface area contributed by atoms with Crippen LogP contribution in [0.15, 0.2) is 18.2 Å². The Labute approximate surface area is 170 Å². The highest BCUT2D eigenvalue weighted by atomic mass is 32.2. The summed E-state index contributed by atoms with van der Waals surface area (Å²) in [6.45, 7) is 7.94. The predicted molar refractivity (Wildman–Crippen MR) is 113 cm³/mol. The molecule has 3 aromatic rings. The minimum Gasteiger partial charge on any atom is -0.496 e. The van der Waals surface area contributed by atoms with Gasteiger partial charge >= 0.3 is 0 Å². The van der Waals surface area contributed by atoms with Gasteiger partial charge in [0.2, 0.25) is 0 Å². The van der Waals surface area contributed by atoms with E-state index in [0.717, 1.165) is 39.2 Å². The first-order valence-corrected chi connectivity index (χ1v) is 10.5. The van der Waals surface area contributed by atoms with Gasteiger partial charge < -0.3 is 10.5 Å². The first-order valence-electron chi connectivity index (χ1n) is 8.65. The molecule has 0 atom stereocenters. The maximum Gasteiger partial charge on any atom is 0.261 e.